The fourth-order valence-corrected chi connectivity index (χ4v) is 4.69. The van der Waals surface area contributed by atoms with Crippen LogP contribution in [0.3, 0.4) is 0 Å². The molecule has 3 aliphatic rings. The monoisotopic (exact) mass is 361 g/mol. The number of fused-ring (bicyclic) bond motifs is 4. The summed E-state index contributed by atoms with van der Waals surface area (Å²) in [4.78, 5) is 31.8. The quantitative estimate of drug-likeness (QED) is 0.783. The number of benzene rings is 2. The SMILES string of the molecule is CN1C(=O)C2CCCCN2c2ccc(C(=O)N3CCc4ccccc43)cc21. The molecule has 0 radical (unpaired) electrons. The third-order valence-corrected chi connectivity index (χ3v) is 6.14. The van der Waals surface area contributed by atoms with Crippen molar-refractivity contribution >= 4 is 28.9 Å². The van der Waals surface area contributed by atoms with Crippen LogP contribution in [0.15, 0.2) is 42.5 Å². The highest BCUT2D eigenvalue weighted by atomic mass is 16.2. The van der Waals surface area contributed by atoms with Gasteiger partial charge in [-0.15, -0.1) is 0 Å². The predicted octanol–water partition coefficient (Wildman–Crippen LogP) is 3.22. The maximum absolute atomic E-state index is 13.2. The number of likely N-dealkylation sites (N-methyl/N-ethyl adjacent to an activating group) is 1. The van der Waals surface area contributed by atoms with E-state index in [1.54, 1.807) is 4.90 Å². The first-order valence-corrected chi connectivity index (χ1v) is 9.73. The number of nitrogens with zero attached hydrogens (tertiary/aromatic N) is 3. The Kier molecular flexibility index (Phi) is 3.71. The third kappa shape index (κ3) is 2.45. The summed E-state index contributed by atoms with van der Waals surface area (Å²) in [5.74, 6) is 0.141. The summed E-state index contributed by atoms with van der Waals surface area (Å²) in [5, 5.41) is 0. The highest BCUT2D eigenvalue weighted by Crippen LogP contribution is 2.40. The molecule has 0 aliphatic carbocycles. The molecule has 1 fully saturated rings. The second kappa shape index (κ2) is 6.12. The van der Waals surface area contributed by atoms with Gasteiger partial charge in [-0.3, -0.25) is 9.59 Å². The average Bonchev–Trinajstić information content (AvgIpc) is 3.15. The second-order valence-electron chi connectivity index (χ2n) is 7.64. The molecule has 1 atom stereocenters. The lowest BCUT2D eigenvalue weighted by Crippen LogP contribution is -2.54. The number of hydrogen-bond acceptors (Lipinski definition) is 3. The van der Waals surface area contributed by atoms with E-state index in [9.17, 15) is 9.59 Å². The smallest absolute Gasteiger partial charge is 0.258 e. The molecule has 2 aromatic rings. The third-order valence-electron chi connectivity index (χ3n) is 6.14. The van der Waals surface area contributed by atoms with Gasteiger partial charge in [0.05, 0.1) is 11.4 Å². The standard InChI is InChI=1S/C22H23N3O2/c1-23-20-14-16(21(26)25-13-11-15-6-2-3-7-17(15)25)9-10-18(20)24-12-5-4-8-19(24)22(23)27/h2-3,6-7,9-10,14,19H,4-5,8,11-13H2,1H3. The van der Waals surface area contributed by atoms with E-state index in [1.165, 1.54) is 5.56 Å². The van der Waals surface area contributed by atoms with Crippen LogP contribution in [0.25, 0.3) is 0 Å². The second-order valence-corrected chi connectivity index (χ2v) is 7.64. The molecule has 0 aromatic heterocycles. The van der Waals surface area contributed by atoms with Crippen molar-refractivity contribution in [1.29, 1.82) is 0 Å². The Morgan fingerprint density at radius 1 is 1.00 bits per heavy atom. The normalized spacial score (nSPS) is 21.0. The van der Waals surface area contributed by atoms with Crippen molar-refractivity contribution in [2.75, 3.05) is 34.8 Å². The zero-order valence-electron chi connectivity index (χ0n) is 15.5. The molecule has 1 saturated heterocycles. The van der Waals surface area contributed by atoms with Gasteiger partial charge < -0.3 is 14.7 Å². The zero-order chi connectivity index (χ0) is 18.5. The number of rotatable bonds is 1. The number of piperidine rings is 1. The van der Waals surface area contributed by atoms with E-state index in [1.807, 2.05) is 48.3 Å². The molecule has 0 bridgehead atoms. The van der Waals surface area contributed by atoms with Crippen molar-refractivity contribution in [1.82, 2.24) is 0 Å². The van der Waals surface area contributed by atoms with Crippen LogP contribution < -0.4 is 14.7 Å². The van der Waals surface area contributed by atoms with Crippen molar-refractivity contribution in [3.63, 3.8) is 0 Å². The molecule has 5 rings (SSSR count). The maximum atomic E-state index is 13.2. The first-order chi connectivity index (χ1) is 13.1. The highest BCUT2D eigenvalue weighted by molar-refractivity contribution is 6.11. The van der Waals surface area contributed by atoms with Gasteiger partial charge in [0.1, 0.15) is 6.04 Å². The van der Waals surface area contributed by atoms with Crippen LogP contribution in [0.1, 0.15) is 35.2 Å². The lowest BCUT2D eigenvalue weighted by atomic mass is 9.95. The molecule has 0 saturated carbocycles. The van der Waals surface area contributed by atoms with Gasteiger partial charge in [0.15, 0.2) is 0 Å². The molecule has 5 heteroatoms. The minimum absolute atomic E-state index is 0.00404. The number of carbonyl (C=O) groups excluding carboxylic acids is 2. The molecule has 1 unspecified atom stereocenters. The Balaban J connectivity index is 1.51. The van der Waals surface area contributed by atoms with Crippen molar-refractivity contribution in [2.24, 2.45) is 0 Å². The molecule has 27 heavy (non-hydrogen) atoms. The highest BCUT2D eigenvalue weighted by Gasteiger charge is 2.38. The fraction of sp³-hybridized carbons (Fsp3) is 0.364. The Hall–Kier alpha value is -2.82. The molecule has 2 aromatic carbocycles. The average molecular weight is 361 g/mol. The van der Waals surface area contributed by atoms with Crippen molar-refractivity contribution in [2.45, 2.75) is 31.7 Å². The van der Waals surface area contributed by atoms with Crippen LogP contribution in [0.2, 0.25) is 0 Å². The Labute approximate surface area is 159 Å². The molecule has 0 N–H and O–H groups in total. The van der Waals surface area contributed by atoms with Gasteiger partial charge >= 0.3 is 0 Å². The van der Waals surface area contributed by atoms with Gasteiger partial charge in [0.2, 0.25) is 5.91 Å². The van der Waals surface area contributed by atoms with Gasteiger partial charge in [0.25, 0.3) is 5.91 Å². The zero-order valence-corrected chi connectivity index (χ0v) is 15.5. The minimum atomic E-state index is -0.0525. The maximum Gasteiger partial charge on any atom is 0.258 e. The van der Waals surface area contributed by atoms with E-state index in [4.69, 9.17) is 0 Å². The van der Waals surface area contributed by atoms with E-state index in [0.29, 0.717) is 12.1 Å². The van der Waals surface area contributed by atoms with Crippen LogP contribution in [0, 0.1) is 0 Å². The molecule has 2 amide bonds. The van der Waals surface area contributed by atoms with Gasteiger partial charge in [0, 0.05) is 31.4 Å². The Bertz CT molecular complexity index is 939. The summed E-state index contributed by atoms with van der Waals surface area (Å²) >= 11 is 0. The lowest BCUT2D eigenvalue weighted by molar-refractivity contribution is -0.120. The largest absolute Gasteiger partial charge is 0.358 e. The van der Waals surface area contributed by atoms with E-state index in [2.05, 4.69) is 11.0 Å². The summed E-state index contributed by atoms with van der Waals surface area (Å²) < 4.78 is 0. The number of carbonyl (C=O) groups is 2. The lowest BCUT2D eigenvalue weighted by Gasteiger charge is -2.44. The van der Waals surface area contributed by atoms with Gasteiger partial charge in [-0.25, -0.2) is 0 Å². The summed E-state index contributed by atoms with van der Waals surface area (Å²) in [7, 11) is 1.83. The topological polar surface area (TPSA) is 43.9 Å². The van der Waals surface area contributed by atoms with Crippen molar-refractivity contribution < 1.29 is 9.59 Å². The molecule has 5 nitrogen and oxygen atoms in total. The van der Waals surface area contributed by atoms with Crippen LogP contribution in [-0.2, 0) is 11.2 Å². The van der Waals surface area contributed by atoms with E-state index >= 15 is 0 Å². The van der Waals surface area contributed by atoms with Crippen LogP contribution in [-0.4, -0.2) is 38.0 Å². The minimum Gasteiger partial charge on any atom is -0.358 e. The Morgan fingerprint density at radius 2 is 1.85 bits per heavy atom. The van der Waals surface area contributed by atoms with Crippen molar-refractivity contribution in [3.8, 4) is 0 Å². The molecule has 0 spiro atoms. The van der Waals surface area contributed by atoms with E-state index in [0.717, 1.165) is 49.3 Å². The number of anilines is 3. The number of para-hydroxylation sites is 1. The summed E-state index contributed by atoms with van der Waals surface area (Å²) in [5.41, 5.74) is 4.77. The van der Waals surface area contributed by atoms with Crippen molar-refractivity contribution in [3.05, 3.63) is 53.6 Å². The molecular formula is C22H23N3O2. The van der Waals surface area contributed by atoms with Crippen LogP contribution in [0.5, 0.6) is 0 Å². The van der Waals surface area contributed by atoms with E-state index < -0.39 is 0 Å². The van der Waals surface area contributed by atoms with Gasteiger partial charge in [-0.1, -0.05) is 18.2 Å². The number of amides is 2. The fourth-order valence-electron chi connectivity index (χ4n) is 4.69. The predicted molar refractivity (Wildman–Crippen MR) is 107 cm³/mol. The molecule has 3 aliphatic heterocycles. The first kappa shape index (κ1) is 16.4. The van der Waals surface area contributed by atoms with Gasteiger partial charge in [-0.05, 0) is 55.5 Å². The van der Waals surface area contributed by atoms with E-state index in [-0.39, 0.29) is 17.9 Å². The molecular weight excluding hydrogens is 338 g/mol. The summed E-state index contributed by atoms with van der Waals surface area (Å²) in [6, 6.07) is 13.8. The van der Waals surface area contributed by atoms with Crippen LogP contribution >= 0.6 is 0 Å². The Morgan fingerprint density at radius 3 is 2.74 bits per heavy atom. The summed E-state index contributed by atoms with van der Waals surface area (Å²) in [6.07, 6.45) is 4.01. The summed E-state index contributed by atoms with van der Waals surface area (Å²) in [6.45, 7) is 1.61. The molecule has 138 valence electrons. The first-order valence-electron chi connectivity index (χ1n) is 9.73. The molecule has 3 heterocycles. The van der Waals surface area contributed by atoms with Gasteiger partial charge in [-0.2, -0.15) is 0 Å². The number of hydrogen-bond donors (Lipinski definition) is 0. The van der Waals surface area contributed by atoms with Crippen LogP contribution in [0.4, 0.5) is 17.1 Å².